The molecule has 1 fully saturated rings. The van der Waals surface area contributed by atoms with Crippen molar-refractivity contribution in [3.8, 4) is 0 Å². The van der Waals surface area contributed by atoms with Crippen molar-refractivity contribution in [1.82, 2.24) is 9.97 Å². The molecule has 82 valence electrons. The molecule has 0 bridgehead atoms. The van der Waals surface area contributed by atoms with E-state index in [9.17, 15) is 0 Å². The molecule has 0 unspecified atom stereocenters. The number of hydrogen-bond donors (Lipinski definition) is 1. The Labute approximate surface area is 95.1 Å². The van der Waals surface area contributed by atoms with Gasteiger partial charge in [0.25, 0.3) is 0 Å². The Morgan fingerprint density at radius 1 is 1.47 bits per heavy atom. The van der Waals surface area contributed by atoms with E-state index in [1.807, 2.05) is 6.07 Å². The summed E-state index contributed by atoms with van der Waals surface area (Å²) in [6.45, 7) is 3.14. The lowest BCUT2D eigenvalue weighted by molar-refractivity contribution is 0.869. The molecule has 1 heterocycles. The van der Waals surface area contributed by atoms with Gasteiger partial charge in [-0.15, -0.1) is 11.8 Å². The zero-order valence-corrected chi connectivity index (χ0v) is 10.1. The first kappa shape index (κ1) is 10.7. The van der Waals surface area contributed by atoms with Crippen LogP contribution in [0.3, 0.4) is 0 Å². The van der Waals surface area contributed by atoms with E-state index in [-0.39, 0.29) is 0 Å². The summed E-state index contributed by atoms with van der Waals surface area (Å²) in [5, 5.41) is 4.40. The van der Waals surface area contributed by atoms with E-state index in [2.05, 4.69) is 28.5 Å². The molecule has 1 saturated carbocycles. The molecule has 0 radical (unpaired) electrons. The van der Waals surface area contributed by atoms with Crippen LogP contribution in [0.1, 0.15) is 37.9 Å². The van der Waals surface area contributed by atoms with Gasteiger partial charge in [-0.1, -0.05) is 6.92 Å². The third-order valence-electron chi connectivity index (χ3n) is 2.43. The molecule has 1 aliphatic carbocycles. The highest BCUT2D eigenvalue weighted by Crippen LogP contribution is 2.38. The third-order valence-corrected chi connectivity index (χ3v) is 3.06. The monoisotopic (exact) mass is 223 g/mol. The molecule has 1 aliphatic rings. The molecule has 0 aromatic carbocycles. The van der Waals surface area contributed by atoms with Gasteiger partial charge in [-0.2, -0.15) is 0 Å². The van der Waals surface area contributed by atoms with Gasteiger partial charge in [-0.25, -0.2) is 9.97 Å². The Morgan fingerprint density at radius 2 is 2.27 bits per heavy atom. The minimum atomic E-state index is 0.624. The Hall–Kier alpha value is -0.770. The zero-order chi connectivity index (χ0) is 10.7. The van der Waals surface area contributed by atoms with Crippen LogP contribution in [0.15, 0.2) is 11.1 Å². The van der Waals surface area contributed by atoms with Crippen LogP contribution in [-0.2, 0) is 0 Å². The summed E-state index contributed by atoms with van der Waals surface area (Å²) in [6.07, 6.45) is 5.69. The first-order valence-electron chi connectivity index (χ1n) is 5.50. The summed E-state index contributed by atoms with van der Waals surface area (Å²) >= 11 is 1.68. The van der Waals surface area contributed by atoms with Crippen LogP contribution >= 0.6 is 11.8 Å². The van der Waals surface area contributed by atoms with Crippen LogP contribution in [0.5, 0.6) is 0 Å². The first-order valence-corrected chi connectivity index (χ1v) is 6.72. The fourth-order valence-electron chi connectivity index (χ4n) is 1.42. The highest BCUT2D eigenvalue weighted by molar-refractivity contribution is 7.98. The maximum atomic E-state index is 4.55. The second kappa shape index (κ2) is 4.84. The van der Waals surface area contributed by atoms with Gasteiger partial charge in [0.05, 0.1) is 0 Å². The summed E-state index contributed by atoms with van der Waals surface area (Å²) in [5.41, 5.74) is 0. The van der Waals surface area contributed by atoms with E-state index in [1.54, 1.807) is 11.8 Å². The predicted octanol–water partition coefficient (Wildman–Crippen LogP) is 2.90. The Kier molecular flexibility index (Phi) is 3.46. The van der Waals surface area contributed by atoms with Crippen LogP contribution < -0.4 is 5.32 Å². The van der Waals surface area contributed by atoms with Crippen molar-refractivity contribution in [1.29, 1.82) is 0 Å². The normalized spacial score (nSPS) is 15.3. The van der Waals surface area contributed by atoms with Crippen LogP contribution in [-0.4, -0.2) is 22.8 Å². The Balaban J connectivity index is 2.16. The maximum Gasteiger partial charge on any atom is 0.135 e. The van der Waals surface area contributed by atoms with Gasteiger partial charge in [-0.05, 0) is 25.5 Å². The lowest BCUT2D eigenvalue weighted by atomic mass is 10.4. The standard InChI is InChI=1S/C11H17N3S/c1-3-6-12-9-7-10(15-2)14-11(13-9)8-4-5-8/h7-8H,3-6H2,1-2H3,(H,12,13,14). The minimum absolute atomic E-state index is 0.624. The van der Waals surface area contributed by atoms with Crippen molar-refractivity contribution in [2.75, 3.05) is 18.1 Å². The molecular formula is C11H17N3S. The molecule has 0 spiro atoms. The predicted molar refractivity (Wildman–Crippen MR) is 64.6 cm³/mol. The lowest BCUT2D eigenvalue weighted by Gasteiger charge is -2.07. The van der Waals surface area contributed by atoms with E-state index >= 15 is 0 Å². The van der Waals surface area contributed by atoms with E-state index in [4.69, 9.17) is 0 Å². The van der Waals surface area contributed by atoms with Gasteiger partial charge in [0.15, 0.2) is 0 Å². The Bertz CT molecular complexity index is 337. The van der Waals surface area contributed by atoms with Crippen molar-refractivity contribution < 1.29 is 0 Å². The molecule has 3 nitrogen and oxygen atoms in total. The van der Waals surface area contributed by atoms with Crippen LogP contribution in [0.4, 0.5) is 5.82 Å². The van der Waals surface area contributed by atoms with Gasteiger partial charge in [0.2, 0.25) is 0 Å². The van der Waals surface area contributed by atoms with Crippen molar-refractivity contribution >= 4 is 17.6 Å². The van der Waals surface area contributed by atoms with Crippen molar-refractivity contribution in [3.63, 3.8) is 0 Å². The SMILES string of the molecule is CCCNc1cc(SC)nc(C2CC2)n1. The summed E-state index contributed by atoms with van der Waals surface area (Å²) in [5.74, 6) is 2.64. The summed E-state index contributed by atoms with van der Waals surface area (Å²) < 4.78 is 0. The maximum absolute atomic E-state index is 4.55. The molecule has 0 aliphatic heterocycles. The van der Waals surface area contributed by atoms with Crippen molar-refractivity contribution in [3.05, 3.63) is 11.9 Å². The highest BCUT2D eigenvalue weighted by Gasteiger charge is 2.27. The quantitative estimate of drug-likeness (QED) is 0.615. The smallest absolute Gasteiger partial charge is 0.135 e. The largest absolute Gasteiger partial charge is 0.370 e. The summed E-state index contributed by atoms with van der Waals surface area (Å²) in [6, 6.07) is 2.03. The highest BCUT2D eigenvalue weighted by atomic mass is 32.2. The third kappa shape index (κ3) is 2.84. The molecule has 1 N–H and O–H groups in total. The van der Waals surface area contributed by atoms with Gasteiger partial charge in [0, 0.05) is 18.5 Å². The first-order chi connectivity index (χ1) is 7.33. The number of thioether (sulfide) groups is 1. The summed E-state index contributed by atoms with van der Waals surface area (Å²) in [4.78, 5) is 9.08. The minimum Gasteiger partial charge on any atom is -0.370 e. The number of anilines is 1. The number of aromatic nitrogens is 2. The number of rotatable bonds is 5. The number of nitrogens with one attached hydrogen (secondary N) is 1. The van der Waals surface area contributed by atoms with Gasteiger partial charge < -0.3 is 5.32 Å². The second-order valence-electron chi connectivity index (χ2n) is 3.85. The molecular weight excluding hydrogens is 206 g/mol. The summed E-state index contributed by atoms with van der Waals surface area (Å²) in [7, 11) is 0. The Morgan fingerprint density at radius 3 is 2.87 bits per heavy atom. The van der Waals surface area contributed by atoms with Gasteiger partial charge >= 0.3 is 0 Å². The van der Waals surface area contributed by atoms with Gasteiger partial charge in [-0.3, -0.25) is 0 Å². The average Bonchev–Trinajstić information content (AvgIpc) is 3.09. The van der Waals surface area contributed by atoms with E-state index in [0.717, 1.165) is 29.6 Å². The molecule has 2 rings (SSSR count). The van der Waals surface area contributed by atoms with Crippen LogP contribution in [0, 0.1) is 0 Å². The fraction of sp³-hybridized carbons (Fsp3) is 0.636. The lowest BCUT2D eigenvalue weighted by Crippen LogP contribution is -2.05. The van der Waals surface area contributed by atoms with E-state index < -0.39 is 0 Å². The van der Waals surface area contributed by atoms with Crippen molar-refractivity contribution in [2.24, 2.45) is 0 Å². The average molecular weight is 223 g/mol. The van der Waals surface area contributed by atoms with Crippen molar-refractivity contribution in [2.45, 2.75) is 37.1 Å². The zero-order valence-electron chi connectivity index (χ0n) is 9.29. The molecule has 15 heavy (non-hydrogen) atoms. The van der Waals surface area contributed by atoms with E-state index in [0.29, 0.717) is 5.92 Å². The van der Waals surface area contributed by atoms with Crippen LogP contribution in [0.25, 0.3) is 0 Å². The molecule has 1 aromatic rings. The van der Waals surface area contributed by atoms with E-state index in [1.165, 1.54) is 12.8 Å². The van der Waals surface area contributed by atoms with Crippen LogP contribution in [0.2, 0.25) is 0 Å². The molecule has 1 aromatic heterocycles. The topological polar surface area (TPSA) is 37.8 Å². The number of nitrogens with zero attached hydrogens (tertiary/aromatic N) is 2. The molecule has 0 atom stereocenters. The second-order valence-corrected chi connectivity index (χ2v) is 4.68. The fourth-order valence-corrected chi connectivity index (χ4v) is 1.83. The number of hydrogen-bond acceptors (Lipinski definition) is 4. The molecule has 0 saturated heterocycles. The molecule has 4 heteroatoms. The molecule has 0 amide bonds. The van der Waals surface area contributed by atoms with Gasteiger partial charge in [0.1, 0.15) is 16.7 Å².